The maximum atomic E-state index is 13.2. The van der Waals surface area contributed by atoms with E-state index in [0.717, 1.165) is 5.56 Å². The van der Waals surface area contributed by atoms with Gasteiger partial charge in [-0.25, -0.2) is 4.39 Å². The predicted molar refractivity (Wildman–Crippen MR) is 99.9 cm³/mol. The van der Waals surface area contributed by atoms with Crippen LogP contribution in [0.3, 0.4) is 0 Å². The van der Waals surface area contributed by atoms with E-state index in [2.05, 4.69) is 18.7 Å². The zero-order valence-corrected chi connectivity index (χ0v) is 16.2. The van der Waals surface area contributed by atoms with Crippen LogP contribution in [-0.2, 0) is 16.1 Å². The molecule has 1 atom stereocenters. The van der Waals surface area contributed by atoms with Crippen molar-refractivity contribution >= 4 is 11.8 Å². The van der Waals surface area contributed by atoms with Crippen LogP contribution in [0.4, 0.5) is 4.39 Å². The van der Waals surface area contributed by atoms with Gasteiger partial charge in [-0.2, -0.15) is 0 Å². The highest BCUT2D eigenvalue weighted by atomic mass is 19.1. The second kappa shape index (κ2) is 9.12. The summed E-state index contributed by atoms with van der Waals surface area (Å²) >= 11 is 0. The lowest BCUT2D eigenvalue weighted by Crippen LogP contribution is -2.47. The van der Waals surface area contributed by atoms with Crippen LogP contribution in [0, 0.1) is 11.7 Å². The first-order chi connectivity index (χ1) is 12.3. The molecule has 0 saturated carbocycles. The summed E-state index contributed by atoms with van der Waals surface area (Å²) in [4.78, 5) is 30.7. The normalized spacial score (nSPS) is 18.9. The van der Waals surface area contributed by atoms with Gasteiger partial charge in [-0.05, 0) is 30.5 Å². The van der Waals surface area contributed by atoms with Crippen LogP contribution in [-0.4, -0.2) is 65.8 Å². The summed E-state index contributed by atoms with van der Waals surface area (Å²) in [7, 11) is 1.80. The largest absolute Gasteiger partial charge is 0.345 e. The van der Waals surface area contributed by atoms with Crippen molar-refractivity contribution in [3.8, 4) is 0 Å². The van der Waals surface area contributed by atoms with E-state index in [-0.39, 0.29) is 29.6 Å². The average Bonchev–Trinajstić information content (AvgIpc) is 2.76. The van der Waals surface area contributed by atoms with E-state index in [4.69, 9.17) is 0 Å². The van der Waals surface area contributed by atoms with Gasteiger partial charge >= 0.3 is 0 Å². The molecule has 1 aromatic rings. The standard InChI is InChI=1S/C20H30FN3O2/c1-5-22(4)20(26)14-23-11-10-19(25)24(18(13-23)15(2)3)12-16-6-8-17(21)9-7-16/h6-9,15,18H,5,10-14H2,1-4H3. The topological polar surface area (TPSA) is 43.9 Å². The zero-order valence-electron chi connectivity index (χ0n) is 16.2. The summed E-state index contributed by atoms with van der Waals surface area (Å²) in [5.74, 6) is 0.154. The van der Waals surface area contributed by atoms with Crippen molar-refractivity contribution in [3.63, 3.8) is 0 Å². The molecule has 0 spiro atoms. The molecule has 1 aliphatic heterocycles. The molecule has 5 nitrogen and oxygen atoms in total. The van der Waals surface area contributed by atoms with Gasteiger partial charge in [-0.3, -0.25) is 14.5 Å². The Morgan fingerprint density at radius 1 is 1.31 bits per heavy atom. The van der Waals surface area contributed by atoms with Gasteiger partial charge < -0.3 is 9.80 Å². The third-order valence-electron chi connectivity index (χ3n) is 5.10. The van der Waals surface area contributed by atoms with Crippen LogP contribution in [0.5, 0.6) is 0 Å². The highest BCUT2D eigenvalue weighted by Gasteiger charge is 2.32. The maximum absolute atomic E-state index is 13.2. The summed E-state index contributed by atoms with van der Waals surface area (Å²) in [5.41, 5.74) is 0.917. The summed E-state index contributed by atoms with van der Waals surface area (Å²) in [6.07, 6.45) is 0.396. The van der Waals surface area contributed by atoms with Crippen molar-refractivity contribution in [3.05, 3.63) is 35.6 Å². The van der Waals surface area contributed by atoms with Gasteiger partial charge in [0.05, 0.1) is 6.54 Å². The molecule has 1 fully saturated rings. The Morgan fingerprint density at radius 3 is 2.54 bits per heavy atom. The van der Waals surface area contributed by atoms with E-state index >= 15 is 0 Å². The molecule has 1 aliphatic rings. The lowest BCUT2D eigenvalue weighted by Gasteiger charge is -2.35. The summed E-state index contributed by atoms with van der Waals surface area (Å²) in [6.45, 7) is 8.89. The third-order valence-corrected chi connectivity index (χ3v) is 5.10. The molecule has 0 radical (unpaired) electrons. The smallest absolute Gasteiger partial charge is 0.236 e. The number of amides is 2. The van der Waals surface area contributed by atoms with Crippen LogP contribution in [0.15, 0.2) is 24.3 Å². The molecule has 0 aliphatic carbocycles. The Kier molecular flexibility index (Phi) is 7.14. The summed E-state index contributed by atoms with van der Waals surface area (Å²) in [5, 5.41) is 0. The number of carbonyl (C=O) groups is 2. The van der Waals surface area contributed by atoms with E-state index in [1.54, 1.807) is 24.1 Å². The number of hydrogen-bond donors (Lipinski definition) is 0. The number of halogens is 1. The maximum Gasteiger partial charge on any atom is 0.236 e. The van der Waals surface area contributed by atoms with Gasteiger partial charge in [0, 0.05) is 45.7 Å². The van der Waals surface area contributed by atoms with Crippen LogP contribution < -0.4 is 0 Å². The molecule has 26 heavy (non-hydrogen) atoms. The first-order valence-electron chi connectivity index (χ1n) is 9.32. The monoisotopic (exact) mass is 363 g/mol. The zero-order chi connectivity index (χ0) is 19.3. The minimum atomic E-state index is -0.277. The molecule has 2 rings (SSSR count). The molecule has 1 aromatic carbocycles. The molecule has 0 N–H and O–H groups in total. The van der Waals surface area contributed by atoms with Crippen LogP contribution in [0.25, 0.3) is 0 Å². The Bertz CT molecular complexity index is 618. The van der Waals surface area contributed by atoms with E-state index in [0.29, 0.717) is 39.1 Å². The number of likely N-dealkylation sites (N-methyl/N-ethyl adjacent to an activating group) is 1. The second-order valence-corrected chi connectivity index (χ2v) is 7.35. The number of hydrogen-bond acceptors (Lipinski definition) is 3. The molecule has 1 heterocycles. The molecular formula is C20H30FN3O2. The first-order valence-corrected chi connectivity index (χ1v) is 9.32. The Balaban J connectivity index is 2.14. The minimum absolute atomic E-state index is 0.0229. The molecule has 6 heteroatoms. The van der Waals surface area contributed by atoms with Gasteiger partial charge in [0.25, 0.3) is 0 Å². The van der Waals surface area contributed by atoms with Gasteiger partial charge in [0.2, 0.25) is 11.8 Å². The molecule has 1 saturated heterocycles. The molecular weight excluding hydrogens is 333 g/mol. The first kappa shape index (κ1) is 20.4. The number of nitrogens with zero attached hydrogens (tertiary/aromatic N) is 3. The Hall–Kier alpha value is -1.95. The van der Waals surface area contributed by atoms with Gasteiger partial charge in [-0.1, -0.05) is 26.0 Å². The third kappa shape index (κ3) is 5.27. The van der Waals surface area contributed by atoms with Crippen molar-refractivity contribution < 1.29 is 14.0 Å². The van der Waals surface area contributed by atoms with Crippen molar-refractivity contribution in [2.45, 2.75) is 39.8 Å². The van der Waals surface area contributed by atoms with Gasteiger partial charge in [-0.15, -0.1) is 0 Å². The summed E-state index contributed by atoms with van der Waals surface area (Å²) in [6, 6.07) is 6.32. The molecule has 1 unspecified atom stereocenters. The fraction of sp³-hybridized carbons (Fsp3) is 0.600. The SMILES string of the molecule is CCN(C)C(=O)CN1CCC(=O)N(Cc2ccc(F)cc2)C(C(C)C)C1. The van der Waals surface area contributed by atoms with Crippen molar-refractivity contribution in [1.29, 1.82) is 0 Å². The van der Waals surface area contributed by atoms with Crippen molar-refractivity contribution in [2.24, 2.45) is 5.92 Å². The summed E-state index contributed by atoms with van der Waals surface area (Å²) < 4.78 is 13.2. The van der Waals surface area contributed by atoms with Crippen LogP contribution >= 0.6 is 0 Å². The molecule has 144 valence electrons. The fourth-order valence-corrected chi connectivity index (χ4v) is 3.23. The molecule has 0 aromatic heterocycles. The van der Waals surface area contributed by atoms with Gasteiger partial charge in [0.1, 0.15) is 5.82 Å². The fourth-order valence-electron chi connectivity index (χ4n) is 3.23. The van der Waals surface area contributed by atoms with E-state index in [9.17, 15) is 14.0 Å². The molecule has 2 amide bonds. The molecule has 0 bridgehead atoms. The average molecular weight is 363 g/mol. The van der Waals surface area contributed by atoms with Crippen LogP contribution in [0.1, 0.15) is 32.8 Å². The Labute approximate surface area is 155 Å². The minimum Gasteiger partial charge on any atom is -0.345 e. The predicted octanol–water partition coefficient (Wildman–Crippen LogP) is 2.36. The number of carbonyl (C=O) groups excluding carboxylic acids is 2. The second-order valence-electron chi connectivity index (χ2n) is 7.35. The van der Waals surface area contributed by atoms with Gasteiger partial charge in [0.15, 0.2) is 0 Å². The quantitative estimate of drug-likeness (QED) is 0.779. The van der Waals surface area contributed by atoms with E-state index in [1.807, 2.05) is 11.8 Å². The van der Waals surface area contributed by atoms with Crippen molar-refractivity contribution in [2.75, 3.05) is 33.2 Å². The Morgan fingerprint density at radius 2 is 1.96 bits per heavy atom. The van der Waals surface area contributed by atoms with Crippen molar-refractivity contribution in [1.82, 2.24) is 14.7 Å². The highest BCUT2D eigenvalue weighted by Crippen LogP contribution is 2.21. The highest BCUT2D eigenvalue weighted by molar-refractivity contribution is 5.79. The van der Waals surface area contributed by atoms with E-state index in [1.165, 1.54) is 12.1 Å². The number of rotatable bonds is 6. The lowest BCUT2D eigenvalue weighted by molar-refractivity contribution is -0.134. The number of benzene rings is 1. The van der Waals surface area contributed by atoms with Crippen LogP contribution in [0.2, 0.25) is 0 Å². The lowest BCUT2D eigenvalue weighted by atomic mass is 10.0. The van der Waals surface area contributed by atoms with E-state index < -0.39 is 0 Å².